The maximum Gasteiger partial charge on any atom is 0.254 e. The van der Waals surface area contributed by atoms with Crippen molar-refractivity contribution in [3.63, 3.8) is 0 Å². The molecule has 0 rings (SSSR count). The Morgan fingerprint density at radius 1 is 1.50 bits per heavy atom. The zero-order valence-electron chi connectivity index (χ0n) is 10.6. The highest BCUT2D eigenvalue weighted by Crippen LogP contribution is 2.17. The molecule has 0 bridgehead atoms. The number of methoxy groups -OCH3 is 1. The molecule has 0 saturated heterocycles. The number of rotatable bonds is 7. The maximum atomic E-state index is 12.2. The third kappa shape index (κ3) is 4.06. The summed E-state index contributed by atoms with van der Waals surface area (Å²) >= 11 is 4.84. The molecule has 0 spiro atoms. The molecular formula is C11H22N2O2S. The van der Waals surface area contributed by atoms with Gasteiger partial charge in [0.15, 0.2) is 0 Å². The largest absolute Gasteiger partial charge is 0.392 e. The van der Waals surface area contributed by atoms with Gasteiger partial charge in [0, 0.05) is 13.7 Å². The van der Waals surface area contributed by atoms with Gasteiger partial charge in [-0.2, -0.15) is 0 Å². The number of thiocarbonyl (C=S) groups is 1. The van der Waals surface area contributed by atoms with Gasteiger partial charge in [-0.25, -0.2) is 0 Å². The topological polar surface area (TPSA) is 55.6 Å². The molecule has 94 valence electrons. The Morgan fingerprint density at radius 3 is 2.38 bits per heavy atom. The summed E-state index contributed by atoms with van der Waals surface area (Å²) in [4.78, 5) is 14.2. The van der Waals surface area contributed by atoms with Crippen LogP contribution < -0.4 is 5.73 Å². The molecule has 0 aliphatic carbocycles. The molecule has 4 nitrogen and oxygen atoms in total. The van der Waals surface area contributed by atoms with Crippen molar-refractivity contribution < 1.29 is 9.53 Å². The molecule has 16 heavy (non-hydrogen) atoms. The summed E-state index contributed by atoms with van der Waals surface area (Å²) in [6.07, 6.45) is 1.50. The van der Waals surface area contributed by atoms with Crippen LogP contribution in [0.3, 0.4) is 0 Å². The summed E-state index contributed by atoms with van der Waals surface area (Å²) in [6, 6.07) is 0. The van der Waals surface area contributed by atoms with Gasteiger partial charge < -0.3 is 15.4 Å². The molecule has 2 N–H and O–H groups in total. The van der Waals surface area contributed by atoms with Gasteiger partial charge in [0.1, 0.15) is 5.60 Å². The molecule has 0 aliphatic heterocycles. The Labute approximate surface area is 103 Å². The maximum absolute atomic E-state index is 12.2. The summed E-state index contributed by atoms with van der Waals surface area (Å²) in [7, 11) is 1.55. The van der Waals surface area contributed by atoms with Crippen LogP contribution in [0.4, 0.5) is 0 Å². The summed E-state index contributed by atoms with van der Waals surface area (Å²) < 4.78 is 5.28. The predicted octanol–water partition coefficient (Wildman–Crippen LogP) is 1.33. The van der Waals surface area contributed by atoms with Gasteiger partial charge in [0.05, 0.1) is 11.5 Å². The lowest BCUT2D eigenvalue weighted by molar-refractivity contribution is -0.152. The molecule has 1 unspecified atom stereocenters. The van der Waals surface area contributed by atoms with E-state index in [0.29, 0.717) is 24.5 Å². The number of hydrogen-bond donors (Lipinski definition) is 1. The summed E-state index contributed by atoms with van der Waals surface area (Å²) in [5.41, 5.74) is 4.71. The third-order valence-corrected chi connectivity index (χ3v) is 2.83. The zero-order chi connectivity index (χ0) is 12.8. The number of hydrogen-bond acceptors (Lipinski definition) is 3. The van der Waals surface area contributed by atoms with Crippen molar-refractivity contribution in [1.29, 1.82) is 0 Å². The SMILES string of the molecule is CCCN(CC(N)=S)C(=O)C(C)(CC)OC. The van der Waals surface area contributed by atoms with Crippen LogP contribution in [0.25, 0.3) is 0 Å². The normalized spacial score (nSPS) is 14.2. The van der Waals surface area contributed by atoms with Gasteiger partial charge in [0.25, 0.3) is 5.91 Å². The van der Waals surface area contributed by atoms with Gasteiger partial charge in [-0.1, -0.05) is 26.1 Å². The molecule has 0 aromatic heterocycles. The van der Waals surface area contributed by atoms with Crippen molar-refractivity contribution in [3.8, 4) is 0 Å². The second-order valence-electron chi connectivity index (χ2n) is 3.98. The van der Waals surface area contributed by atoms with Crippen LogP contribution in [0.15, 0.2) is 0 Å². The van der Waals surface area contributed by atoms with Gasteiger partial charge >= 0.3 is 0 Å². The van der Waals surface area contributed by atoms with Gasteiger partial charge in [-0.15, -0.1) is 0 Å². The molecular weight excluding hydrogens is 224 g/mol. The smallest absolute Gasteiger partial charge is 0.254 e. The fourth-order valence-corrected chi connectivity index (χ4v) is 1.58. The molecule has 1 atom stereocenters. The van der Waals surface area contributed by atoms with E-state index in [0.717, 1.165) is 6.42 Å². The monoisotopic (exact) mass is 246 g/mol. The van der Waals surface area contributed by atoms with Crippen molar-refractivity contribution in [3.05, 3.63) is 0 Å². The van der Waals surface area contributed by atoms with Crippen molar-refractivity contribution in [2.24, 2.45) is 5.73 Å². The number of ether oxygens (including phenoxy) is 1. The van der Waals surface area contributed by atoms with Gasteiger partial charge in [-0.05, 0) is 19.8 Å². The van der Waals surface area contributed by atoms with Crippen molar-refractivity contribution in [1.82, 2.24) is 4.90 Å². The molecule has 0 radical (unpaired) electrons. The summed E-state index contributed by atoms with van der Waals surface area (Å²) in [5.74, 6) is -0.0489. The van der Waals surface area contributed by atoms with E-state index in [1.165, 1.54) is 0 Å². The van der Waals surface area contributed by atoms with Crippen LogP contribution in [0, 0.1) is 0 Å². The first-order valence-electron chi connectivity index (χ1n) is 5.54. The van der Waals surface area contributed by atoms with E-state index >= 15 is 0 Å². The van der Waals surface area contributed by atoms with Crippen LogP contribution in [0.5, 0.6) is 0 Å². The zero-order valence-corrected chi connectivity index (χ0v) is 11.4. The molecule has 0 saturated carbocycles. The number of amides is 1. The number of nitrogens with two attached hydrogens (primary N) is 1. The predicted molar refractivity (Wildman–Crippen MR) is 69.4 cm³/mol. The Bertz CT molecular complexity index is 252. The Kier molecular flexibility index (Phi) is 6.52. The average molecular weight is 246 g/mol. The number of carbonyl (C=O) groups excluding carboxylic acids is 1. The third-order valence-electron chi connectivity index (χ3n) is 2.71. The highest BCUT2D eigenvalue weighted by Gasteiger charge is 2.34. The highest BCUT2D eigenvalue weighted by atomic mass is 32.1. The lowest BCUT2D eigenvalue weighted by atomic mass is 10.0. The number of carbonyl (C=O) groups is 1. The van der Waals surface area contributed by atoms with E-state index in [9.17, 15) is 4.79 Å². The molecule has 0 heterocycles. The van der Waals surface area contributed by atoms with Crippen LogP contribution in [-0.2, 0) is 9.53 Å². The average Bonchev–Trinajstić information content (AvgIpc) is 2.26. The van der Waals surface area contributed by atoms with E-state index in [1.807, 2.05) is 13.8 Å². The fraction of sp³-hybridized carbons (Fsp3) is 0.818. The van der Waals surface area contributed by atoms with Gasteiger partial charge in [0.2, 0.25) is 0 Å². The van der Waals surface area contributed by atoms with E-state index in [2.05, 4.69) is 0 Å². The van der Waals surface area contributed by atoms with Crippen molar-refractivity contribution in [2.75, 3.05) is 20.2 Å². The molecule has 0 aliphatic rings. The quantitative estimate of drug-likeness (QED) is 0.689. The first kappa shape index (κ1) is 15.3. The molecule has 0 fully saturated rings. The van der Waals surface area contributed by atoms with E-state index in [1.54, 1.807) is 18.9 Å². The molecule has 5 heteroatoms. The van der Waals surface area contributed by atoms with Gasteiger partial charge in [-0.3, -0.25) is 4.79 Å². The van der Waals surface area contributed by atoms with Crippen LogP contribution >= 0.6 is 12.2 Å². The summed E-state index contributed by atoms with van der Waals surface area (Å²) in [6.45, 7) is 6.69. The van der Waals surface area contributed by atoms with Crippen LogP contribution in [-0.4, -0.2) is 41.6 Å². The first-order chi connectivity index (χ1) is 7.41. The number of nitrogens with zero attached hydrogens (tertiary/aromatic N) is 1. The van der Waals surface area contributed by atoms with Crippen LogP contribution in [0.1, 0.15) is 33.6 Å². The second-order valence-corrected chi connectivity index (χ2v) is 4.51. The lowest BCUT2D eigenvalue weighted by Crippen LogP contribution is -2.50. The Hall–Kier alpha value is -0.680. The Morgan fingerprint density at radius 2 is 2.06 bits per heavy atom. The highest BCUT2D eigenvalue weighted by molar-refractivity contribution is 7.80. The van der Waals surface area contributed by atoms with Crippen molar-refractivity contribution >= 4 is 23.1 Å². The molecule has 0 aromatic carbocycles. The minimum absolute atomic E-state index is 0.0489. The van der Waals surface area contributed by atoms with E-state index in [4.69, 9.17) is 22.7 Å². The van der Waals surface area contributed by atoms with Crippen LogP contribution in [0.2, 0.25) is 0 Å². The Balaban J connectivity index is 4.77. The molecule has 0 aromatic rings. The molecule has 1 amide bonds. The van der Waals surface area contributed by atoms with E-state index in [-0.39, 0.29) is 5.91 Å². The fourth-order valence-electron chi connectivity index (χ4n) is 1.43. The first-order valence-corrected chi connectivity index (χ1v) is 5.94. The minimum Gasteiger partial charge on any atom is -0.392 e. The summed E-state index contributed by atoms with van der Waals surface area (Å²) in [5, 5.41) is 0. The minimum atomic E-state index is -0.778. The standard InChI is InChI=1S/C11H22N2O2S/c1-5-7-13(8-9(12)16)10(14)11(3,6-2)15-4/h5-8H2,1-4H3,(H2,12,16). The van der Waals surface area contributed by atoms with E-state index < -0.39 is 5.60 Å². The second kappa shape index (κ2) is 6.81. The van der Waals surface area contributed by atoms with Crippen molar-refractivity contribution in [2.45, 2.75) is 39.2 Å². The lowest BCUT2D eigenvalue weighted by Gasteiger charge is -2.32.